The summed E-state index contributed by atoms with van der Waals surface area (Å²) in [5, 5.41) is 13.1. The number of benzene rings is 4. The summed E-state index contributed by atoms with van der Waals surface area (Å²) in [7, 11) is 5.98. The van der Waals surface area contributed by atoms with E-state index >= 15 is 0 Å². The minimum atomic E-state index is -1.90. The zero-order valence-corrected chi connectivity index (χ0v) is 29.2. The molecule has 0 bridgehead atoms. The summed E-state index contributed by atoms with van der Waals surface area (Å²) in [6.45, 7) is 3.24. The Morgan fingerprint density at radius 1 is 0.922 bits per heavy atom. The van der Waals surface area contributed by atoms with Crippen molar-refractivity contribution in [2.24, 2.45) is 0 Å². The van der Waals surface area contributed by atoms with Gasteiger partial charge in [-0.05, 0) is 67.4 Å². The number of aliphatic carboxylic acids is 1. The molecule has 0 unspecified atom stereocenters. The van der Waals surface area contributed by atoms with Crippen LogP contribution in [0.5, 0.6) is 11.5 Å². The first-order valence-corrected chi connectivity index (χ1v) is 16.1. The summed E-state index contributed by atoms with van der Waals surface area (Å²) >= 11 is 0. The highest BCUT2D eigenvalue weighted by atomic mass is 16.5. The van der Waals surface area contributed by atoms with Crippen LogP contribution in [0.25, 0.3) is 11.1 Å². The summed E-state index contributed by atoms with van der Waals surface area (Å²) < 4.78 is 16.9. The summed E-state index contributed by atoms with van der Waals surface area (Å²) in [5.74, 6) is -2.39. The number of carboxylic acids is 1. The van der Waals surface area contributed by atoms with E-state index in [1.54, 1.807) is 50.5 Å². The van der Waals surface area contributed by atoms with E-state index in [0.717, 1.165) is 4.90 Å². The zero-order chi connectivity index (χ0) is 37.0. The van der Waals surface area contributed by atoms with Crippen molar-refractivity contribution in [2.75, 3.05) is 40.2 Å². The number of rotatable bonds is 12. The smallest absolute Gasteiger partial charge is 0.338 e. The van der Waals surface area contributed by atoms with E-state index in [-0.39, 0.29) is 34.9 Å². The van der Waals surface area contributed by atoms with Crippen LogP contribution < -0.4 is 14.8 Å². The van der Waals surface area contributed by atoms with Gasteiger partial charge in [-0.15, -0.1) is 0 Å². The number of nitrogens with one attached hydrogen (secondary N) is 1. The standard InChI is InChI=1S/C39H39N3O9/c1-23(2)51-26-17-15-25(16-18-26)34-28(11-9-13-32(34)49-6)35(44)40-31-19-14-24(20-29(31)36(45)41(3)4)21-33(43)50-22-39(38(47)48)30-12-8-7-10-27(30)37(46)42(39)5/h7-20,23H,21-22H2,1-6H3,(H,40,44)(H,47,48)/t39-/m0/s1. The van der Waals surface area contributed by atoms with Crippen molar-refractivity contribution in [1.29, 1.82) is 0 Å². The first kappa shape index (κ1) is 36.1. The lowest BCUT2D eigenvalue weighted by Gasteiger charge is -2.32. The van der Waals surface area contributed by atoms with E-state index < -0.39 is 41.8 Å². The third kappa shape index (κ3) is 7.11. The first-order chi connectivity index (χ1) is 24.3. The fourth-order valence-corrected chi connectivity index (χ4v) is 6.04. The Morgan fingerprint density at radius 3 is 2.27 bits per heavy atom. The topological polar surface area (TPSA) is 152 Å². The fourth-order valence-electron chi connectivity index (χ4n) is 6.04. The van der Waals surface area contributed by atoms with E-state index in [4.69, 9.17) is 14.2 Å². The molecule has 0 aliphatic carbocycles. The van der Waals surface area contributed by atoms with Crippen LogP contribution in [0.1, 0.15) is 56.0 Å². The molecule has 51 heavy (non-hydrogen) atoms. The predicted octanol–water partition coefficient (Wildman–Crippen LogP) is 5.25. The average Bonchev–Trinajstić information content (AvgIpc) is 3.33. The van der Waals surface area contributed by atoms with Crippen molar-refractivity contribution in [3.8, 4) is 22.6 Å². The maximum atomic E-state index is 13.9. The lowest BCUT2D eigenvalue weighted by atomic mass is 9.90. The minimum Gasteiger partial charge on any atom is -0.496 e. The second-order valence-corrected chi connectivity index (χ2v) is 12.5. The van der Waals surface area contributed by atoms with Gasteiger partial charge in [0.25, 0.3) is 17.7 Å². The van der Waals surface area contributed by atoms with Gasteiger partial charge in [-0.2, -0.15) is 0 Å². The lowest BCUT2D eigenvalue weighted by Crippen LogP contribution is -2.51. The summed E-state index contributed by atoms with van der Waals surface area (Å²) in [5.41, 5.74) is 0.825. The second-order valence-electron chi connectivity index (χ2n) is 12.5. The molecular formula is C39H39N3O9. The second kappa shape index (κ2) is 14.8. The van der Waals surface area contributed by atoms with Crippen LogP contribution in [-0.2, 0) is 26.3 Å². The van der Waals surface area contributed by atoms with Crippen LogP contribution in [0.3, 0.4) is 0 Å². The van der Waals surface area contributed by atoms with E-state index in [2.05, 4.69) is 5.32 Å². The Morgan fingerprint density at radius 2 is 1.63 bits per heavy atom. The van der Waals surface area contributed by atoms with Crippen LogP contribution >= 0.6 is 0 Å². The number of methoxy groups -OCH3 is 1. The van der Waals surface area contributed by atoms with Gasteiger partial charge in [0.05, 0.1) is 36.4 Å². The number of carboxylic acid groups (broad SMARTS) is 1. The van der Waals surface area contributed by atoms with Crippen molar-refractivity contribution < 1.29 is 43.3 Å². The number of amides is 3. The molecule has 0 aromatic heterocycles. The molecule has 0 fully saturated rings. The molecular weight excluding hydrogens is 654 g/mol. The van der Waals surface area contributed by atoms with Crippen molar-refractivity contribution in [3.05, 3.63) is 113 Å². The van der Waals surface area contributed by atoms with Gasteiger partial charge in [0.1, 0.15) is 18.1 Å². The van der Waals surface area contributed by atoms with Crippen molar-refractivity contribution >= 4 is 35.3 Å². The van der Waals surface area contributed by atoms with E-state index in [0.29, 0.717) is 33.8 Å². The van der Waals surface area contributed by atoms with E-state index in [1.165, 1.54) is 43.3 Å². The molecule has 0 spiro atoms. The fraction of sp³-hybridized carbons (Fsp3) is 0.256. The zero-order valence-electron chi connectivity index (χ0n) is 29.2. The van der Waals surface area contributed by atoms with Gasteiger partial charge in [-0.1, -0.05) is 42.5 Å². The summed E-state index contributed by atoms with van der Waals surface area (Å²) in [6.07, 6.45) is -0.319. The molecule has 0 radical (unpaired) electrons. The molecule has 0 saturated heterocycles. The van der Waals surface area contributed by atoms with Crippen LogP contribution in [0.4, 0.5) is 5.69 Å². The maximum Gasteiger partial charge on any atom is 0.338 e. The molecule has 1 atom stereocenters. The Labute approximate surface area is 295 Å². The third-order valence-electron chi connectivity index (χ3n) is 8.60. The molecule has 1 aliphatic rings. The van der Waals surface area contributed by atoms with Gasteiger partial charge in [0.2, 0.25) is 5.54 Å². The number of likely N-dealkylation sites (N-methyl/N-ethyl adjacent to an activating group) is 1. The van der Waals surface area contributed by atoms with Gasteiger partial charge in [0.15, 0.2) is 0 Å². The predicted molar refractivity (Wildman–Crippen MR) is 189 cm³/mol. The highest BCUT2D eigenvalue weighted by Gasteiger charge is 2.54. The Balaban J connectivity index is 1.39. The molecule has 5 rings (SSSR count). The summed E-state index contributed by atoms with van der Waals surface area (Å²) in [4.78, 5) is 68.1. The Bertz CT molecular complexity index is 2010. The van der Waals surface area contributed by atoms with Gasteiger partial charge >= 0.3 is 11.9 Å². The van der Waals surface area contributed by atoms with Crippen LogP contribution in [0, 0.1) is 0 Å². The molecule has 264 valence electrons. The quantitative estimate of drug-likeness (QED) is 0.190. The molecule has 1 aliphatic heterocycles. The number of ether oxygens (including phenoxy) is 3. The number of fused-ring (bicyclic) bond motifs is 1. The number of esters is 1. The number of nitrogens with zero attached hydrogens (tertiary/aromatic N) is 2. The molecule has 12 nitrogen and oxygen atoms in total. The molecule has 0 saturated carbocycles. The lowest BCUT2D eigenvalue weighted by molar-refractivity contribution is -0.159. The molecule has 1 heterocycles. The summed E-state index contributed by atoms with van der Waals surface area (Å²) in [6, 6.07) is 23.3. The van der Waals surface area contributed by atoms with Crippen molar-refractivity contribution in [2.45, 2.75) is 31.9 Å². The van der Waals surface area contributed by atoms with Crippen LogP contribution in [0.15, 0.2) is 84.9 Å². The first-order valence-electron chi connectivity index (χ1n) is 16.1. The molecule has 4 aromatic rings. The largest absolute Gasteiger partial charge is 0.496 e. The molecule has 2 N–H and O–H groups in total. The van der Waals surface area contributed by atoms with Crippen LogP contribution in [-0.4, -0.2) is 85.5 Å². The number of hydrogen-bond acceptors (Lipinski definition) is 8. The molecule has 4 aromatic carbocycles. The number of carbonyl (C=O) groups is 5. The average molecular weight is 694 g/mol. The van der Waals surface area contributed by atoms with E-state index in [9.17, 15) is 29.1 Å². The van der Waals surface area contributed by atoms with Gasteiger partial charge < -0.3 is 34.4 Å². The molecule has 3 amide bonds. The van der Waals surface area contributed by atoms with E-state index in [1.807, 2.05) is 38.1 Å². The Hall–Kier alpha value is -6.17. The number of anilines is 1. The SMILES string of the molecule is COc1cccc(C(=O)Nc2ccc(CC(=O)OC[C@@]3(C(=O)O)c4ccccc4C(=O)N3C)cc2C(=O)N(C)C)c1-c1ccc(OC(C)C)cc1. The van der Waals surface area contributed by atoms with Gasteiger partial charge in [0, 0.05) is 37.8 Å². The van der Waals surface area contributed by atoms with Gasteiger partial charge in [-0.25, -0.2) is 4.79 Å². The number of carbonyl (C=O) groups excluding carboxylic acids is 4. The monoisotopic (exact) mass is 693 g/mol. The highest BCUT2D eigenvalue weighted by molar-refractivity contribution is 6.12. The highest BCUT2D eigenvalue weighted by Crippen LogP contribution is 2.39. The van der Waals surface area contributed by atoms with Crippen molar-refractivity contribution in [1.82, 2.24) is 9.80 Å². The van der Waals surface area contributed by atoms with Crippen LogP contribution in [0.2, 0.25) is 0 Å². The minimum absolute atomic E-state index is 0.00680. The van der Waals surface area contributed by atoms with Gasteiger partial charge in [-0.3, -0.25) is 19.2 Å². The normalized spacial score (nSPS) is 14.9. The molecule has 12 heteroatoms. The maximum absolute atomic E-state index is 13.9. The number of hydrogen-bond donors (Lipinski definition) is 2. The Kier molecular flexibility index (Phi) is 10.4. The third-order valence-corrected chi connectivity index (χ3v) is 8.60. The van der Waals surface area contributed by atoms with Crippen molar-refractivity contribution in [3.63, 3.8) is 0 Å².